The smallest absolute Gasteiger partial charge is 0.267 e. The third-order valence-corrected chi connectivity index (χ3v) is 2.75. The van der Waals surface area contributed by atoms with Crippen molar-refractivity contribution in [1.29, 1.82) is 0 Å². The number of nitrogens with zero attached hydrogens (tertiary/aromatic N) is 3. The summed E-state index contributed by atoms with van der Waals surface area (Å²) in [4.78, 5) is 17.4. The normalized spacial score (nSPS) is 18.0. The van der Waals surface area contributed by atoms with E-state index in [9.17, 15) is 9.18 Å². The minimum atomic E-state index is -0.582. The Morgan fingerprint density at radius 2 is 2.06 bits per heavy atom. The molecule has 0 aliphatic carbocycles. The van der Waals surface area contributed by atoms with Gasteiger partial charge in [0.1, 0.15) is 0 Å². The molecule has 0 spiro atoms. The highest BCUT2D eigenvalue weighted by Crippen LogP contribution is 2.01. The zero-order valence-corrected chi connectivity index (χ0v) is 9.69. The van der Waals surface area contributed by atoms with Crippen molar-refractivity contribution in [3.8, 4) is 0 Å². The number of nitrogens with one attached hydrogen (secondary N) is 1. The fraction of sp³-hybridized carbons (Fsp3) is 0.455. The molecule has 0 atom stereocenters. The van der Waals surface area contributed by atoms with E-state index in [2.05, 4.69) is 15.3 Å². The molecule has 1 aliphatic heterocycles. The van der Waals surface area contributed by atoms with Gasteiger partial charge < -0.3 is 4.90 Å². The molecule has 1 aromatic rings. The van der Waals surface area contributed by atoms with E-state index < -0.39 is 5.95 Å². The molecule has 1 fully saturated rings. The summed E-state index contributed by atoms with van der Waals surface area (Å²) < 4.78 is 12.6. The van der Waals surface area contributed by atoms with Crippen LogP contribution < -0.4 is 5.43 Å². The fourth-order valence-corrected chi connectivity index (χ4v) is 1.64. The van der Waals surface area contributed by atoms with Crippen molar-refractivity contribution in [2.45, 2.75) is 0 Å². The van der Waals surface area contributed by atoms with Gasteiger partial charge >= 0.3 is 0 Å². The van der Waals surface area contributed by atoms with Gasteiger partial charge in [-0.15, -0.1) is 0 Å². The van der Waals surface area contributed by atoms with E-state index in [-0.39, 0.29) is 5.91 Å². The van der Waals surface area contributed by atoms with Crippen LogP contribution in [0.1, 0.15) is 10.4 Å². The van der Waals surface area contributed by atoms with Crippen LogP contribution in [-0.2, 0) is 0 Å². The van der Waals surface area contributed by atoms with Gasteiger partial charge in [-0.25, -0.2) is 9.99 Å². The Morgan fingerprint density at radius 1 is 1.35 bits per heavy atom. The number of carbonyl (C=O) groups is 1. The van der Waals surface area contributed by atoms with Crippen molar-refractivity contribution in [2.75, 3.05) is 33.2 Å². The number of piperazine rings is 1. The van der Waals surface area contributed by atoms with E-state index in [1.165, 1.54) is 18.3 Å². The molecule has 0 bridgehead atoms. The molecule has 0 aromatic carbocycles. The van der Waals surface area contributed by atoms with E-state index in [0.717, 1.165) is 26.2 Å². The largest absolute Gasteiger partial charge is 0.304 e. The Bertz CT molecular complexity index is 387. The first-order valence-corrected chi connectivity index (χ1v) is 5.51. The van der Waals surface area contributed by atoms with Crippen molar-refractivity contribution < 1.29 is 9.18 Å². The number of pyridine rings is 1. The third-order valence-electron chi connectivity index (χ3n) is 2.75. The second-order valence-electron chi connectivity index (χ2n) is 4.10. The molecule has 5 nitrogen and oxygen atoms in total. The first-order valence-electron chi connectivity index (χ1n) is 5.51. The van der Waals surface area contributed by atoms with Gasteiger partial charge in [0.2, 0.25) is 5.95 Å². The maximum Gasteiger partial charge on any atom is 0.267 e. The van der Waals surface area contributed by atoms with Crippen molar-refractivity contribution in [3.63, 3.8) is 0 Å². The average Bonchev–Trinajstić information content (AvgIpc) is 2.33. The molecule has 6 heteroatoms. The number of amides is 1. The summed E-state index contributed by atoms with van der Waals surface area (Å²) in [6.07, 6.45) is 1.24. The topological polar surface area (TPSA) is 48.5 Å². The monoisotopic (exact) mass is 238 g/mol. The van der Waals surface area contributed by atoms with E-state index in [1.54, 1.807) is 0 Å². The molecule has 17 heavy (non-hydrogen) atoms. The van der Waals surface area contributed by atoms with Crippen LogP contribution in [0.5, 0.6) is 0 Å². The summed E-state index contributed by atoms with van der Waals surface area (Å²) >= 11 is 0. The Morgan fingerprint density at radius 3 is 2.65 bits per heavy atom. The second kappa shape index (κ2) is 5.20. The molecule has 1 aromatic heterocycles. The van der Waals surface area contributed by atoms with Gasteiger partial charge in [0, 0.05) is 32.4 Å². The Balaban J connectivity index is 1.91. The molecule has 1 N–H and O–H groups in total. The second-order valence-corrected chi connectivity index (χ2v) is 4.10. The molecular weight excluding hydrogens is 223 g/mol. The summed E-state index contributed by atoms with van der Waals surface area (Å²) in [5.74, 6) is -0.830. The van der Waals surface area contributed by atoms with Gasteiger partial charge in [-0.1, -0.05) is 0 Å². The summed E-state index contributed by atoms with van der Waals surface area (Å²) in [5, 5.41) is 1.87. The van der Waals surface area contributed by atoms with Crippen LogP contribution in [0.2, 0.25) is 0 Å². The lowest BCUT2D eigenvalue weighted by Gasteiger charge is -2.32. The molecule has 0 radical (unpaired) electrons. The van der Waals surface area contributed by atoms with Gasteiger partial charge in [0.05, 0.1) is 5.56 Å². The SMILES string of the molecule is CN1CCN(NC(=O)c2ccc(F)nc2)CC1. The van der Waals surface area contributed by atoms with Crippen LogP contribution in [-0.4, -0.2) is 54.0 Å². The zero-order chi connectivity index (χ0) is 12.3. The molecule has 1 amide bonds. The Hall–Kier alpha value is -1.53. The van der Waals surface area contributed by atoms with E-state index in [1.807, 2.05) is 12.1 Å². The highest BCUT2D eigenvalue weighted by molar-refractivity contribution is 5.93. The lowest BCUT2D eigenvalue weighted by molar-refractivity contribution is 0.0662. The van der Waals surface area contributed by atoms with Crippen LogP contribution in [0.4, 0.5) is 4.39 Å². The van der Waals surface area contributed by atoms with Gasteiger partial charge in [-0.3, -0.25) is 10.2 Å². The number of hydrogen-bond acceptors (Lipinski definition) is 4. The zero-order valence-electron chi connectivity index (χ0n) is 9.69. The predicted molar refractivity (Wildman–Crippen MR) is 60.7 cm³/mol. The number of likely N-dealkylation sites (N-methyl/N-ethyl adjacent to an activating group) is 1. The van der Waals surface area contributed by atoms with Gasteiger partial charge in [-0.05, 0) is 19.2 Å². The standard InChI is InChI=1S/C11H15FN4O/c1-15-4-6-16(7-5-15)14-11(17)9-2-3-10(12)13-8-9/h2-3,8H,4-7H2,1H3,(H,14,17). The molecule has 0 saturated carbocycles. The maximum absolute atomic E-state index is 12.6. The molecule has 2 heterocycles. The first kappa shape index (κ1) is 11.9. The fourth-order valence-electron chi connectivity index (χ4n) is 1.64. The van der Waals surface area contributed by atoms with E-state index in [0.29, 0.717) is 5.56 Å². The summed E-state index contributed by atoms with van der Waals surface area (Å²) in [5.41, 5.74) is 3.15. The van der Waals surface area contributed by atoms with Crippen LogP contribution in [0.3, 0.4) is 0 Å². The Labute approximate surface area is 99.2 Å². The number of halogens is 1. The van der Waals surface area contributed by atoms with Crippen molar-refractivity contribution in [3.05, 3.63) is 29.8 Å². The summed E-state index contributed by atoms with van der Waals surface area (Å²) in [6.45, 7) is 3.41. The van der Waals surface area contributed by atoms with Gasteiger partial charge in [-0.2, -0.15) is 4.39 Å². The summed E-state index contributed by atoms with van der Waals surface area (Å²) in [7, 11) is 2.04. The predicted octanol–water partition coefficient (Wildman–Crippen LogP) is 0.113. The van der Waals surface area contributed by atoms with Gasteiger partial charge in [0.15, 0.2) is 0 Å². The first-order chi connectivity index (χ1) is 8.15. The minimum absolute atomic E-state index is 0.248. The molecule has 1 aliphatic rings. The average molecular weight is 238 g/mol. The third kappa shape index (κ3) is 3.21. The molecular formula is C11H15FN4O. The number of rotatable bonds is 2. The van der Waals surface area contributed by atoms with Crippen LogP contribution >= 0.6 is 0 Å². The van der Waals surface area contributed by atoms with Crippen LogP contribution in [0.15, 0.2) is 18.3 Å². The molecule has 92 valence electrons. The number of hydrogen-bond donors (Lipinski definition) is 1. The Kier molecular flexibility index (Phi) is 3.65. The lowest BCUT2D eigenvalue weighted by Crippen LogP contribution is -2.52. The highest BCUT2D eigenvalue weighted by atomic mass is 19.1. The van der Waals surface area contributed by atoms with Crippen molar-refractivity contribution in [1.82, 2.24) is 20.3 Å². The number of hydrazine groups is 1. The highest BCUT2D eigenvalue weighted by Gasteiger charge is 2.16. The molecule has 0 unspecified atom stereocenters. The maximum atomic E-state index is 12.6. The molecule has 2 rings (SSSR count). The van der Waals surface area contributed by atoms with Crippen LogP contribution in [0, 0.1) is 5.95 Å². The summed E-state index contributed by atoms with van der Waals surface area (Å²) in [6, 6.07) is 2.60. The number of aromatic nitrogens is 1. The number of carbonyl (C=O) groups excluding carboxylic acids is 1. The van der Waals surface area contributed by atoms with Crippen molar-refractivity contribution >= 4 is 5.91 Å². The van der Waals surface area contributed by atoms with Gasteiger partial charge in [0.25, 0.3) is 5.91 Å². The molecule has 1 saturated heterocycles. The van der Waals surface area contributed by atoms with Crippen molar-refractivity contribution in [2.24, 2.45) is 0 Å². The van der Waals surface area contributed by atoms with E-state index in [4.69, 9.17) is 0 Å². The quantitative estimate of drug-likeness (QED) is 0.743. The lowest BCUT2D eigenvalue weighted by atomic mass is 10.3. The van der Waals surface area contributed by atoms with Crippen LogP contribution in [0.25, 0.3) is 0 Å². The minimum Gasteiger partial charge on any atom is -0.304 e. The van der Waals surface area contributed by atoms with E-state index >= 15 is 0 Å².